The number of amides is 2. The molecule has 6 nitrogen and oxygen atoms in total. The first kappa shape index (κ1) is 21.3. The van der Waals surface area contributed by atoms with Crippen LogP contribution in [0.15, 0.2) is 61.1 Å². The number of halogens is 4. The van der Waals surface area contributed by atoms with Gasteiger partial charge < -0.3 is 10.6 Å². The molecule has 32 heavy (non-hydrogen) atoms. The predicted molar refractivity (Wildman–Crippen MR) is 113 cm³/mol. The first-order chi connectivity index (χ1) is 15.3. The number of anilines is 2. The van der Waals surface area contributed by atoms with E-state index in [-0.39, 0.29) is 22.0 Å². The fourth-order valence-electron chi connectivity index (χ4n) is 2.98. The Kier molecular flexibility index (Phi) is 5.74. The van der Waals surface area contributed by atoms with Gasteiger partial charge in [0.25, 0.3) is 0 Å². The number of hydrogen-bond donors (Lipinski definition) is 2. The zero-order chi connectivity index (χ0) is 22.8. The Bertz CT molecular complexity index is 1380. The van der Waals surface area contributed by atoms with Crippen LogP contribution in [0, 0.1) is 17.5 Å². The van der Waals surface area contributed by atoms with Crippen molar-refractivity contribution in [2.24, 2.45) is 0 Å². The Morgan fingerprint density at radius 1 is 0.875 bits per heavy atom. The molecule has 0 saturated heterocycles. The van der Waals surface area contributed by atoms with E-state index in [1.807, 2.05) is 0 Å². The van der Waals surface area contributed by atoms with Crippen molar-refractivity contribution in [2.75, 3.05) is 10.6 Å². The van der Waals surface area contributed by atoms with E-state index in [1.165, 1.54) is 36.8 Å². The molecule has 4 aromatic rings. The summed E-state index contributed by atoms with van der Waals surface area (Å²) < 4.78 is 41.8. The van der Waals surface area contributed by atoms with Gasteiger partial charge in [0.05, 0.1) is 16.1 Å². The molecule has 0 fully saturated rings. The largest absolute Gasteiger partial charge is 0.323 e. The third kappa shape index (κ3) is 4.37. The van der Waals surface area contributed by atoms with E-state index >= 15 is 0 Å². The predicted octanol–water partition coefficient (Wildman–Crippen LogP) is 5.58. The fourth-order valence-corrected chi connectivity index (χ4v) is 3.16. The third-order valence-electron chi connectivity index (χ3n) is 4.48. The Hall–Kier alpha value is -3.98. The zero-order valence-corrected chi connectivity index (χ0v) is 16.8. The molecule has 0 bridgehead atoms. The van der Waals surface area contributed by atoms with Gasteiger partial charge in [-0.05, 0) is 42.5 Å². The molecule has 0 unspecified atom stereocenters. The molecule has 0 saturated carbocycles. The van der Waals surface area contributed by atoms with Crippen molar-refractivity contribution < 1.29 is 22.8 Å². The number of aromatic nitrogens is 2. The molecule has 160 valence electrons. The molecule has 2 amide bonds. The summed E-state index contributed by atoms with van der Waals surface area (Å²) in [6, 6.07) is 8.87. The summed E-state index contributed by atoms with van der Waals surface area (Å²) in [5, 5.41) is 5.02. The summed E-state index contributed by atoms with van der Waals surface area (Å²) in [5.74, 6) is -4.13. The van der Waals surface area contributed by atoms with Gasteiger partial charge >= 0.3 is 6.03 Å². The van der Waals surface area contributed by atoms with Crippen LogP contribution in [-0.2, 0) is 0 Å². The van der Waals surface area contributed by atoms with Gasteiger partial charge in [0.15, 0.2) is 17.4 Å². The quantitative estimate of drug-likeness (QED) is 0.393. The average molecular weight is 457 g/mol. The summed E-state index contributed by atoms with van der Waals surface area (Å²) in [6.07, 6.45) is 2.83. The highest BCUT2D eigenvalue weighted by Gasteiger charge is 2.20. The number of carbonyl (C=O) groups excluding carboxylic acids is 2. The molecule has 0 atom stereocenters. The number of rotatable bonds is 4. The Balaban J connectivity index is 1.59. The Morgan fingerprint density at radius 2 is 1.66 bits per heavy atom. The topological polar surface area (TPSA) is 84.0 Å². The number of urea groups is 1. The van der Waals surface area contributed by atoms with Crippen LogP contribution < -0.4 is 10.6 Å². The third-order valence-corrected chi connectivity index (χ3v) is 4.76. The molecule has 0 radical (unpaired) electrons. The number of ketones is 1. The minimum absolute atomic E-state index is 0.0909. The highest BCUT2D eigenvalue weighted by Crippen LogP contribution is 2.24. The van der Waals surface area contributed by atoms with E-state index in [0.29, 0.717) is 10.9 Å². The van der Waals surface area contributed by atoms with Gasteiger partial charge in [0.2, 0.25) is 0 Å². The summed E-state index contributed by atoms with van der Waals surface area (Å²) >= 11 is 5.66. The fraction of sp³-hybridized carbons (Fsp3) is 0. The SMILES string of the molecule is O=C(Nc1ccc(F)c(Cl)c1)Nc1cc(F)c(F)c(C(=O)c2ccc3ncncc3c2)c1. The number of hydrogen-bond acceptors (Lipinski definition) is 4. The summed E-state index contributed by atoms with van der Waals surface area (Å²) in [7, 11) is 0. The van der Waals surface area contributed by atoms with E-state index < -0.39 is 34.8 Å². The molecule has 4 rings (SSSR count). The number of carbonyl (C=O) groups is 2. The van der Waals surface area contributed by atoms with Gasteiger partial charge in [-0.25, -0.2) is 27.9 Å². The van der Waals surface area contributed by atoms with Gasteiger partial charge in [0.1, 0.15) is 12.1 Å². The normalized spacial score (nSPS) is 10.8. The summed E-state index contributed by atoms with van der Waals surface area (Å²) in [5.41, 5.74) is 0.110. The van der Waals surface area contributed by atoms with Crippen molar-refractivity contribution >= 4 is 45.7 Å². The lowest BCUT2D eigenvalue weighted by Crippen LogP contribution is -2.20. The maximum Gasteiger partial charge on any atom is 0.323 e. The standard InChI is InChI=1S/C22H12ClF3N4O2/c23-16-7-13(2-3-17(16)24)29-22(32)30-14-6-15(20(26)18(25)8-14)21(31)11-1-4-19-12(5-11)9-27-10-28-19/h1-10H,(H2,29,30,32). The Morgan fingerprint density at radius 3 is 2.44 bits per heavy atom. The molecule has 3 aromatic carbocycles. The van der Waals surface area contributed by atoms with Crippen LogP contribution in [0.4, 0.5) is 29.3 Å². The van der Waals surface area contributed by atoms with Crippen molar-refractivity contribution in [3.63, 3.8) is 0 Å². The molecule has 1 aromatic heterocycles. The van der Waals surface area contributed by atoms with Gasteiger partial charge in [-0.15, -0.1) is 0 Å². The van der Waals surface area contributed by atoms with Crippen LogP contribution >= 0.6 is 11.6 Å². The van der Waals surface area contributed by atoms with Crippen LogP contribution in [0.5, 0.6) is 0 Å². The van der Waals surface area contributed by atoms with Crippen LogP contribution in [0.3, 0.4) is 0 Å². The molecule has 1 heterocycles. The lowest BCUT2D eigenvalue weighted by Gasteiger charge is -2.11. The lowest BCUT2D eigenvalue weighted by molar-refractivity contribution is 0.103. The highest BCUT2D eigenvalue weighted by molar-refractivity contribution is 6.31. The molecule has 0 aliphatic rings. The number of benzene rings is 3. The minimum atomic E-state index is -1.35. The smallest absolute Gasteiger partial charge is 0.308 e. The second kappa shape index (κ2) is 8.64. The zero-order valence-electron chi connectivity index (χ0n) is 16.0. The number of nitrogens with one attached hydrogen (secondary N) is 2. The maximum atomic E-state index is 14.4. The van der Waals surface area contributed by atoms with Crippen molar-refractivity contribution in [2.45, 2.75) is 0 Å². The average Bonchev–Trinajstić information content (AvgIpc) is 2.77. The molecule has 0 aliphatic heterocycles. The van der Waals surface area contributed by atoms with Gasteiger partial charge in [-0.2, -0.15) is 0 Å². The van der Waals surface area contributed by atoms with Crippen LogP contribution in [0.25, 0.3) is 10.9 Å². The number of fused-ring (bicyclic) bond motifs is 1. The van der Waals surface area contributed by atoms with Crippen LogP contribution in [0.2, 0.25) is 5.02 Å². The molecular weight excluding hydrogens is 445 g/mol. The van der Waals surface area contributed by atoms with Gasteiger partial charge in [-0.1, -0.05) is 11.6 Å². The molecule has 0 aliphatic carbocycles. The first-order valence-electron chi connectivity index (χ1n) is 9.08. The molecule has 10 heteroatoms. The van der Waals surface area contributed by atoms with Gasteiger partial charge in [-0.3, -0.25) is 4.79 Å². The van der Waals surface area contributed by atoms with Crippen molar-refractivity contribution in [3.8, 4) is 0 Å². The Labute approximate surface area is 184 Å². The first-order valence-corrected chi connectivity index (χ1v) is 9.46. The van der Waals surface area contributed by atoms with Crippen molar-refractivity contribution in [3.05, 3.63) is 94.7 Å². The van der Waals surface area contributed by atoms with E-state index in [1.54, 1.807) is 6.07 Å². The van der Waals surface area contributed by atoms with Crippen molar-refractivity contribution in [1.29, 1.82) is 0 Å². The molecule has 2 N–H and O–H groups in total. The van der Waals surface area contributed by atoms with Crippen LogP contribution in [-0.4, -0.2) is 21.8 Å². The second-order valence-electron chi connectivity index (χ2n) is 6.65. The maximum absolute atomic E-state index is 14.4. The molecular formula is C22H12ClF3N4O2. The minimum Gasteiger partial charge on any atom is -0.308 e. The monoisotopic (exact) mass is 456 g/mol. The van der Waals surface area contributed by atoms with Gasteiger partial charge in [0, 0.05) is 34.6 Å². The van der Waals surface area contributed by atoms with Crippen LogP contribution in [0.1, 0.15) is 15.9 Å². The highest BCUT2D eigenvalue weighted by atomic mass is 35.5. The second-order valence-corrected chi connectivity index (χ2v) is 7.06. The summed E-state index contributed by atoms with van der Waals surface area (Å²) in [4.78, 5) is 32.9. The number of nitrogens with zero attached hydrogens (tertiary/aromatic N) is 2. The van der Waals surface area contributed by atoms with E-state index in [0.717, 1.165) is 18.2 Å². The lowest BCUT2D eigenvalue weighted by atomic mass is 10.0. The van der Waals surface area contributed by atoms with E-state index in [4.69, 9.17) is 11.6 Å². The van der Waals surface area contributed by atoms with E-state index in [9.17, 15) is 22.8 Å². The van der Waals surface area contributed by atoms with Crippen molar-refractivity contribution in [1.82, 2.24) is 9.97 Å². The summed E-state index contributed by atoms with van der Waals surface area (Å²) in [6.45, 7) is 0. The molecule has 0 spiro atoms. The van der Waals surface area contributed by atoms with E-state index in [2.05, 4.69) is 20.6 Å².